The van der Waals surface area contributed by atoms with Crippen LogP contribution >= 0.6 is 23.7 Å². The van der Waals surface area contributed by atoms with Gasteiger partial charge in [-0.3, -0.25) is 24.0 Å². The zero-order valence-electron chi connectivity index (χ0n) is 24.1. The summed E-state index contributed by atoms with van der Waals surface area (Å²) in [6.45, 7) is 5.07. The number of benzene rings is 1. The molecule has 2 heterocycles. The first-order valence-corrected chi connectivity index (χ1v) is 17.0. The highest BCUT2D eigenvalue weighted by molar-refractivity contribution is 7.99. The second kappa shape index (κ2) is 16.4. The quantitative estimate of drug-likeness (QED) is 0.224. The normalized spacial score (nSPS) is 21.3. The largest absolute Gasteiger partial charge is 0.459 e. The zero-order chi connectivity index (χ0) is 29.0. The number of piperidine rings is 1. The standard InChI is InChI=1S/C30H44N4O5S2/c1-2-39-30(38)29(37)34-21-40-20-25(34)28(36)31-16-13-26(35)32-41-27(23-11-7-4-8-12-23)24-14-17-33(18-15-24)19-22-9-5-3-6-10-22/h3,5-6,9-10,23-25,27H,2,4,7-8,11-21H2,1H3,(H,31,36)(H,32,35)/t25-,27?/m0/s1. The molecule has 226 valence electrons. The lowest BCUT2D eigenvalue weighted by atomic mass is 9.79. The van der Waals surface area contributed by atoms with Crippen molar-refractivity contribution in [3.63, 3.8) is 0 Å². The van der Waals surface area contributed by atoms with Gasteiger partial charge in [-0.25, -0.2) is 4.79 Å². The first-order chi connectivity index (χ1) is 20.0. The van der Waals surface area contributed by atoms with Crippen molar-refractivity contribution in [1.82, 2.24) is 19.8 Å². The van der Waals surface area contributed by atoms with Gasteiger partial charge in [-0.15, -0.1) is 11.8 Å². The summed E-state index contributed by atoms with van der Waals surface area (Å²) in [7, 11) is 0. The van der Waals surface area contributed by atoms with E-state index >= 15 is 0 Å². The Kier molecular flexibility index (Phi) is 12.7. The molecule has 2 aliphatic heterocycles. The lowest BCUT2D eigenvalue weighted by molar-refractivity contribution is -0.160. The average molecular weight is 605 g/mol. The number of carbonyl (C=O) groups is 4. The number of nitrogens with zero attached hydrogens (tertiary/aromatic N) is 2. The highest BCUT2D eigenvalue weighted by Crippen LogP contribution is 2.39. The molecule has 4 rings (SSSR count). The number of esters is 1. The van der Waals surface area contributed by atoms with Gasteiger partial charge in [0.15, 0.2) is 0 Å². The molecule has 2 N–H and O–H groups in total. The second-order valence-electron chi connectivity index (χ2n) is 11.2. The Balaban J connectivity index is 1.22. The fourth-order valence-corrected chi connectivity index (χ4v) is 8.55. The number of ether oxygens (including phenoxy) is 1. The highest BCUT2D eigenvalue weighted by atomic mass is 32.2. The maximum atomic E-state index is 12.8. The smallest absolute Gasteiger partial charge is 0.397 e. The van der Waals surface area contributed by atoms with E-state index in [0.717, 1.165) is 32.5 Å². The summed E-state index contributed by atoms with van der Waals surface area (Å²) in [4.78, 5) is 53.5. The molecule has 1 aromatic carbocycles. The van der Waals surface area contributed by atoms with Crippen LogP contribution in [0.15, 0.2) is 30.3 Å². The Morgan fingerprint density at radius 3 is 2.44 bits per heavy atom. The summed E-state index contributed by atoms with van der Waals surface area (Å²) < 4.78 is 7.90. The molecule has 3 amide bonds. The average Bonchev–Trinajstić information content (AvgIpc) is 3.49. The van der Waals surface area contributed by atoms with Crippen LogP contribution in [0.2, 0.25) is 0 Å². The van der Waals surface area contributed by atoms with E-state index in [4.69, 9.17) is 4.74 Å². The summed E-state index contributed by atoms with van der Waals surface area (Å²) in [6, 6.07) is 9.90. The predicted octanol–water partition coefficient (Wildman–Crippen LogP) is 3.58. The van der Waals surface area contributed by atoms with E-state index in [1.807, 2.05) is 0 Å². The third kappa shape index (κ3) is 9.38. The van der Waals surface area contributed by atoms with Gasteiger partial charge in [-0.1, -0.05) is 49.6 Å². The van der Waals surface area contributed by atoms with Crippen LogP contribution in [0.1, 0.15) is 63.9 Å². The van der Waals surface area contributed by atoms with E-state index in [1.165, 1.54) is 54.3 Å². The minimum atomic E-state index is -0.946. The zero-order valence-corrected chi connectivity index (χ0v) is 25.7. The van der Waals surface area contributed by atoms with Crippen LogP contribution in [-0.4, -0.2) is 82.7 Å². The third-order valence-electron chi connectivity index (χ3n) is 8.32. The lowest BCUT2D eigenvalue weighted by Gasteiger charge is -2.40. The van der Waals surface area contributed by atoms with Crippen LogP contribution in [0, 0.1) is 11.8 Å². The van der Waals surface area contributed by atoms with Crippen LogP contribution in [0.4, 0.5) is 0 Å². The first kappa shape index (κ1) is 31.7. The van der Waals surface area contributed by atoms with E-state index in [-0.39, 0.29) is 37.3 Å². The van der Waals surface area contributed by atoms with Gasteiger partial charge in [-0.05, 0) is 75.0 Å². The molecular weight excluding hydrogens is 560 g/mol. The highest BCUT2D eigenvalue weighted by Gasteiger charge is 2.38. The molecule has 1 saturated carbocycles. The van der Waals surface area contributed by atoms with Gasteiger partial charge in [0.05, 0.1) is 12.5 Å². The van der Waals surface area contributed by atoms with Crippen molar-refractivity contribution in [2.24, 2.45) is 11.8 Å². The van der Waals surface area contributed by atoms with Gasteiger partial charge in [0.2, 0.25) is 11.8 Å². The molecule has 41 heavy (non-hydrogen) atoms. The van der Waals surface area contributed by atoms with Crippen molar-refractivity contribution in [3.8, 4) is 0 Å². The molecule has 0 bridgehead atoms. The van der Waals surface area contributed by atoms with Crippen LogP contribution in [0.5, 0.6) is 0 Å². The van der Waals surface area contributed by atoms with Crippen molar-refractivity contribution in [1.29, 1.82) is 0 Å². The number of hydrogen-bond donors (Lipinski definition) is 2. The van der Waals surface area contributed by atoms with Gasteiger partial charge in [0.25, 0.3) is 0 Å². The Bertz CT molecular complexity index is 1020. The fraction of sp³-hybridized carbons (Fsp3) is 0.667. The lowest BCUT2D eigenvalue weighted by Crippen LogP contribution is -2.50. The van der Waals surface area contributed by atoms with E-state index in [1.54, 1.807) is 18.9 Å². The van der Waals surface area contributed by atoms with Crippen molar-refractivity contribution in [3.05, 3.63) is 35.9 Å². The monoisotopic (exact) mass is 604 g/mol. The van der Waals surface area contributed by atoms with E-state index < -0.39 is 17.9 Å². The maximum absolute atomic E-state index is 12.8. The van der Waals surface area contributed by atoms with Crippen LogP contribution in [0.25, 0.3) is 0 Å². The molecule has 11 heteroatoms. The minimum absolute atomic E-state index is 0.0992. The van der Waals surface area contributed by atoms with Gasteiger partial charge < -0.3 is 15.0 Å². The number of hydrogen-bond acceptors (Lipinski definition) is 8. The van der Waals surface area contributed by atoms with Crippen molar-refractivity contribution in [2.45, 2.75) is 76.1 Å². The Morgan fingerprint density at radius 1 is 1.02 bits per heavy atom. The number of rotatable bonds is 11. The number of thioether (sulfide) groups is 1. The summed E-state index contributed by atoms with van der Waals surface area (Å²) in [6.07, 6.45) is 8.76. The van der Waals surface area contributed by atoms with Crippen molar-refractivity contribution < 1.29 is 23.9 Å². The van der Waals surface area contributed by atoms with E-state index in [2.05, 4.69) is 45.3 Å². The molecule has 0 spiro atoms. The predicted molar refractivity (Wildman–Crippen MR) is 163 cm³/mol. The van der Waals surface area contributed by atoms with Gasteiger partial charge in [-0.2, -0.15) is 0 Å². The molecule has 1 aromatic rings. The Morgan fingerprint density at radius 2 is 1.73 bits per heavy atom. The number of nitrogens with one attached hydrogen (secondary N) is 2. The van der Waals surface area contributed by atoms with Crippen molar-refractivity contribution >= 4 is 47.4 Å². The molecule has 0 aromatic heterocycles. The molecule has 9 nitrogen and oxygen atoms in total. The molecular formula is C30H44N4O5S2. The molecule has 1 aliphatic carbocycles. The van der Waals surface area contributed by atoms with Crippen LogP contribution in [-0.2, 0) is 30.5 Å². The van der Waals surface area contributed by atoms with Gasteiger partial charge >= 0.3 is 11.9 Å². The fourth-order valence-electron chi connectivity index (χ4n) is 6.09. The van der Waals surface area contributed by atoms with E-state index in [0.29, 0.717) is 22.8 Å². The molecule has 0 radical (unpaired) electrons. The van der Waals surface area contributed by atoms with Crippen LogP contribution < -0.4 is 10.0 Å². The SMILES string of the molecule is CCOC(=O)C(=O)N1CSC[C@H]1C(=O)NCCC(=O)NSC(C1CCCCC1)C1CCN(Cc2ccccc2)CC1. The second-order valence-corrected chi connectivity index (χ2v) is 13.1. The summed E-state index contributed by atoms with van der Waals surface area (Å²) in [5.41, 5.74) is 1.36. The summed E-state index contributed by atoms with van der Waals surface area (Å²) >= 11 is 3.02. The summed E-state index contributed by atoms with van der Waals surface area (Å²) in [5.74, 6) is -0.315. The van der Waals surface area contributed by atoms with Crippen LogP contribution in [0.3, 0.4) is 0 Å². The Labute approximate surface area is 252 Å². The Hall–Kier alpha value is -2.24. The summed E-state index contributed by atoms with van der Waals surface area (Å²) in [5, 5.41) is 3.18. The molecule has 2 atom stereocenters. The topological polar surface area (TPSA) is 108 Å². The van der Waals surface area contributed by atoms with Gasteiger partial charge in [0.1, 0.15) is 6.04 Å². The number of amides is 3. The minimum Gasteiger partial charge on any atom is -0.459 e. The molecule has 2 saturated heterocycles. The number of likely N-dealkylation sites (tertiary alicyclic amines) is 1. The molecule has 3 aliphatic rings. The maximum Gasteiger partial charge on any atom is 0.397 e. The first-order valence-electron chi connectivity index (χ1n) is 15.0. The van der Waals surface area contributed by atoms with E-state index in [9.17, 15) is 19.2 Å². The number of carbonyl (C=O) groups excluding carboxylic acids is 4. The van der Waals surface area contributed by atoms with Gasteiger partial charge in [0, 0.05) is 30.5 Å². The van der Waals surface area contributed by atoms with Crippen molar-refractivity contribution in [2.75, 3.05) is 37.9 Å². The molecule has 1 unspecified atom stereocenters. The third-order valence-corrected chi connectivity index (χ3v) is 10.7. The molecule has 3 fully saturated rings.